The van der Waals surface area contributed by atoms with Gasteiger partial charge in [0, 0.05) is 4.83 Å². The first kappa shape index (κ1) is 15.4. The van der Waals surface area contributed by atoms with Crippen LogP contribution in [0.2, 0.25) is 0 Å². The van der Waals surface area contributed by atoms with E-state index in [9.17, 15) is 0 Å². The Morgan fingerprint density at radius 3 is 2.22 bits per heavy atom. The molecule has 0 amide bonds. The number of alkyl halides is 1. The Kier molecular flexibility index (Phi) is 5.51. The molecule has 0 aliphatic heterocycles. The van der Waals surface area contributed by atoms with Gasteiger partial charge < -0.3 is 9.47 Å². The summed E-state index contributed by atoms with van der Waals surface area (Å²) in [5, 5.41) is 0. The zero-order valence-corrected chi connectivity index (χ0v) is 13.5. The maximum atomic E-state index is 5.33. The van der Waals surface area contributed by atoms with E-state index in [1.807, 2.05) is 12.1 Å². The van der Waals surface area contributed by atoms with Crippen LogP contribution < -0.4 is 9.47 Å². The van der Waals surface area contributed by atoms with Gasteiger partial charge in [-0.05, 0) is 36.0 Å². The molecule has 0 saturated carbocycles. The Bertz CT molecular complexity index is 383. The van der Waals surface area contributed by atoms with Crippen LogP contribution in [0, 0.1) is 5.41 Å². The molecule has 18 heavy (non-hydrogen) atoms. The van der Waals surface area contributed by atoms with Crippen LogP contribution in [0.5, 0.6) is 11.5 Å². The van der Waals surface area contributed by atoms with Gasteiger partial charge in [0.2, 0.25) is 0 Å². The molecule has 0 bridgehead atoms. The summed E-state index contributed by atoms with van der Waals surface area (Å²) in [6.45, 7) is 6.80. The van der Waals surface area contributed by atoms with E-state index in [4.69, 9.17) is 9.47 Å². The van der Waals surface area contributed by atoms with Gasteiger partial charge in [-0.15, -0.1) is 0 Å². The maximum absolute atomic E-state index is 5.33. The topological polar surface area (TPSA) is 18.5 Å². The third-order valence-corrected chi connectivity index (χ3v) is 3.90. The number of hydrogen-bond acceptors (Lipinski definition) is 2. The summed E-state index contributed by atoms with van der Waals surface area (Å²) in [4.78, 5) is 0.358. The van der Waals surface area contributed by atoms with E-state index in [2.05, 4.69) is 42.8 Å². The van der Waals surface area contributed by atoms with Crippen LogP contribution in [0.3, 0.4) is 0 Å². The summed E-state index contributed by atoms with van der Waals surface area (Å²) in [7, 11) is 3.32. The molecule has 1 aromatic rings. The SMILES string of the molecule is COc1ccc(C(Br)CCC(C)(C)C)cc1OC. The summed E-state index contributed by atoms with van der Waals surface area (Å²) in [5.41, 5.74) is 1.60. The monoisotopic (exact) mass is 314 g/mol. The first-order valence-electron chi connectivity index (χ1n) is 6.23. The van der Waals surface area contributed by atoms with Crippen molar-refractivity contribution in [2.45, 2.75) is 38.4 Å². The zero-order valence-electron chi connectivity index (χ0n) is 11.9. The molecule has 3 heteroatoms. The van der Waals surface area contributed by atoms with Crippen molar-refractivity contribution in [2.75, 3.05) is 14.2 Å². The lowest BCUT2D eigenvalue weighted by Gasteiger charge is -2.20. The molecule has 0 aromatic heterocycles. The van der Waals surface area contributed by atoms with Crippen LogP contribution in [0.1, 0.15) is 44.0 Å². The number of halogens is 1. The highest BCUT2D eigenvalue weighted by Gasteiger charge is 2.16. The molecule has 0 saturated heterocycles. The van der Waals surface area contributed by atoms with Gasteiger partial charge in [-0.1, -0.05) is 42.8 Å². The van der Waals surface area contributed by atoms with E-state index >= 15 is 0 Å². The molecule has 1 atom stereocenters. The van der Waals surface area contributed by atoms with E-state index in [0.29, 0.717) is 10.2 Å². The Balaban J connectivity index is 2.77. The van der Waals surface area contributed by atoms with E-state index in [1.165, 1.54) is 12.0 Å². The van der Waals surface area contributed by atoms with E-state index < -0.39 is 0 Å². The predicted octanol–water partition coefficient (Wildman–Crippen LogP) is 4.97. The highest BCUT2D eigenvalue weighted by Crippen LogP contribution is 2.37. The second kappa shape index (κ2) is 6.46. The molecule has 1 rings (SSSR count). The van der Waals surface area contributed by atoms with Crippen molar-refractivity contribution in [2.24, 2.45) is 5.41 Å². The number of hydrogen-bond donors (Lipinski definition) is 0. The van der Waals surface area contributed by atoms with Crippen LogP contribution in [0.25, 0.3) is 0 Å². The molecular weight excluding hydrogens is 292 g/mol. The molecule has 0 heterocycles. The lowest BCUT2D eigenvalue weighted by atomic mass is 9.89. The number of ether oxygens (including phenoxy) is 2. The Morgan fingerprint density at radius 2 is 1.72 bits per heavy atom. The minimum absolute atomic E-state index is 0.358. The maximum Gasteiger partial charge on any atom is 0.161 e. The first-order chi connectivity index (χ1) is 8.37. The van der Waals surface area contributed by atoms with Gasteiger partial charge in [0.05, 0.1) is 14.2 Å². The molecule has 2 nitrogen and oxygen atoms in total. The van der Waals surface area contributed by atoms with Crippen molar-refractivity contribution in [1.82, 2.24) is 0 Å². The molecule has 0 aliphatic carbocycles. The molecule has 0 aliphatic rings. The fourth-order valence-corrected chi connectivity index (χ4v) is 2.29. The van der Waals surface area contributed by atoms with Crippen molar-refractivity contribution < 1.29 is 9.47 Å². The Labute approximate surface area is 119 Å². The third-order valence-electron chi connectivity index (χ3n) is 2.92. The van der Waals surface area contributed by atoms with Crippen LogP contribution in [0.15, 0.2) is 18.2 Å². The summed E-state index contributed by atoms with van der Waals surface area (Å²) >= 11 is 3.75. The molecule has 1 aromatic carbocycles. The van der Waals surface area contributed by atoms with Crippen molar-refractivity contribution in [3.8, 4) is 11.5 Å². The second-order valence-electron chi connectivity index (χ2n) is 5.68. The lowest BCUT2D eigenvalue weighted by molar-refractivity contribution is 0.353. The van der Waals surface area contributed by atoms with Gasteiger partial charge >= 0.3 is 0 Å². The van der Waals surface area contributed by atoms with Gasteiger partial charge in [0.25, 0.3) is 0 Å². The summed E-state index contributed by atoms with van der Waals surface area (Å²) in [6.07, 6.45) is 2.29. The van der Waals surface area contributed by atoms with Crippen LogP contribution in [-0.2, 0) is 0 Å². The van der Waals surface area contributed by atoms with E-state index in [-0.39, 0.29) is 0 Å². The Hall–Kier alpha value is -0.700. The predicted molar refractivity (Wildman–Crippen MR) is 79.9 cm³/mol. The zero-order chi connectivity index (χ0) is 13.8. The van der Waals surface area contributed by atoms with Gasteiger partial charge in [0.1, 0.15) is 0 Å². The molecule has 0 N–H and O–H groups in total. The van der Waals surface area contributed by atoms with Gasteiger partial charge in [-0.2, -0.15) is 0 Å². The number of benzene rings is 1. The largest absolute Gasteiger partial charge is 0.493 e. The third kappa shape index (κ3) is 4.52. The van der Waals surface area contributed by atoms with Gasteiger partial charge in [0.15, 0.2) is 11.5 Å². The molecule has 0 fully saturated rings. The highest BCUT2D eigenvalue weighted by atomic mass is 79.9. The molecule has 102 valence electrons. The molecule has 1 unspecified atom stereocenters. The first-order valence-corrected chi connectivity index (χ1v) is 7.15. The normalized spacial score (nSPS) is 13.2. The molecule has 0 spiro atoms. The van der Waals surface area contributed by atoms with E-state index in [0.717, 1.165) is 17.9 Å². The molecule has 0 radical (unpaired) electrons. The minimum atomic E-state index is 0.358. The smallest absolute Gasteiger partial charge is 0.161 e. The number of rotatable bonds is 5. The second-order valence-corrected chi connectivity index (χ2v) is 6.79. The summed E-state index contributed by atoms with van der Waals surface area (Å²) < 4.78 is 10.6. The average molecular weight is 315 g/mol. The van der Waals surface area contributed by atoms with Crippen molar-refractivity contribution in [3.63, 3.8) is 0 Å². The quantitative estimate of drug-likeness (QED) is 0.715. The van der Waals surface area contributed by atoms with Crippen molar-refractivity contribution in [3.05, 3.63) is 23.8 Å². The average Bonchev–Trinajstić information content (AvgIpc) is 2.34. The van der Waals surface area contributed by atoms with Crippen LogP contribution in [-0.4, -0.2) is 14.2 Å². The van der Waals surface area contributed by atoms with Crippen LogP contribution >= 0.6 is 15.9 Å². The van der Waals surface area contributed by atoms with Gasteiger partial charge in [-0.3, -0.25) is 0 Å². The summed E-state index contributed by atoms with van der Waals surface area (Å²) in [5.74, 6) is 1.56. The van der Waals surface area contributed by atoms with Gasteiger partial charge in [-0.25, -0.2) is 0 Å². The fraction of sp³-hybridized carbons (Fsp3) is 0.600. The van der Waals surface area contributed by atoms with Crippen LogP contribution in [0.4, 0.5) is 0 Å². The lowest BCUT2D eigenvalue weighted by Crippen LogP contribution is -2.06. The number of methoxy groups -OCH3 is 2. The minimum Gasteiger partial charge on any atom is -0.493 e. The molecular formula is C15H23BrO2. The summed E-state index contributed by atoms with van der Waals surface area (Å²) in [6, 6.07) is 6.09. The van der Waals surface area contributed by atoms with Crippen molar-refractivity contribution >= 4 is 15.9 Å². The highest BCUT2D eigenvalue weighted by molar-refractivity contribution is 9.09. The van der Waals surface area contributed by atoms with E-state index in [1.54, 1.807) is 14.2 Å². The Morgan fingerprint density at radius 1 is 1.11 bits per heavy atom. The standard InChI is InChI=1S/C15H23BrO2/c1-15(2,3)9-8-12(16)11-6-7-13(17-4)14(10-11)18-5/h6-7,10,12H,8-9H2,1-5H3. The van der Waals surface area contributed by atoms with Crippen molar-refractivity contribution in [1.29, 1.82) is 0 Å². The fourth-order valence-electron chi connectivity index (χ4n) is 1.77.